The molecule has 6 aromatic carbocycles. The number of ether oxygens (including phenoxy) is 6. The summed E-state index contributed by atoms with van der Waals surface area (Å²) in [6.45, 7) is 25.7. The van der Waals surface area contributed by atoms with Gasteiger partial charge in [-0.3, -0.25) is 58.1 Å². The minimum absolute atomic E-state index is 0.0439. The number of halogens is 3. The summed E-state index contributed by atoms with van der Waals surface area (Å²) < 4.78 is 33.7. The minimum Gasteiger partial charge on any atom is -0.506 e. The van der Waals surface area contributed by atoms with Crippen LogP contribution < -0.4 is 16.0 Å². The quantitative estimate of drug-likeness (QED) is 0.0117. The number of benzene rings is 6. The third-order valence-electron chi connectivity index (χ3n) is 22.8. The van der Waals surface area contributed by atoms with E-state index in [0.29, 0.717) is 193 Å². The maximum absolute atomic E-state index is 13.0. The number of Topliss-reactive ketones (excluding diaryl/α,β-unsaturated/α-hetero) is 6. The third kappa shape index (κ3) is 37.5. The Hall–Kier alpha value is -10.8. The number of aliphatic imine (C=N–C) groups is 3. The Morgan fingerprint density at radius 2 is 0.621 bits per heavy atom. The van der Waals surface area contributed by atoms with Crippen LogP contribution in [0.15, 0.2) is 212 Å². The molecule has 3 amide bonds. The van der Waals surface area contributed by atoms with Crippen LogP contribution in [-0.4, -0.2) is 203 Å². The van der Waals surface area contributed by atoms with E-state index in [1.807, 2.05) is 83.6 Å². The van der Waals surface area contributed by atoms with Crippen LogP contribution in [0, 0.1) is 0 Å². The number of hydrogen-bond acceptors (Lipinski definition) is 27. The van der Waals surface area contributed by atoms with Gasteiger partial charge in [0.1, 0.15) is 36.9 Å². The molecule has 145 heavy (non-hydrogen) atoms. The number of nitrogens with zero attached hydrogens (tertiary/aromatic N) is 3. The van der Waals surface area contributed by atoms with E-state index in [4.69, 9.17) is 51.6 Å². The molecule has 0 aliphatic carbocycles. The van der Waals surface area contributed by atoms with Crippen molar-refractivity contribution >= 4 is 177 Å². The van der Waals surface area contributed by atoms with Crippen molar-refractivity contribution in [2.24, 2.45) is 15.0 Å². The molecule has 12 aromatic rings. The molecule has 0 aliphatic heterocycles. The SMILES string of the molecule is CCCCOCCOCCNC(=O)c1ccc(CCC(=O)c2ccc(C(=O)CN=C(C)c3csc(-c4ccc(Br)cc4)c3O)s2)cc1.CCCCOCCOCCNC(=O)c1ccc(CCC(=O)c2ccc(C(=O)CN=C(C)c3csc(-c4ccc(C(C)(C)C)cc4)c3O)s2)cc1.CCCCOCCOCCNC(=O)c1ccc(CCC(=O)c2ccc(C(=O)CN=C(C)c3csc(-c4ccc(Cl)c(Cl)c4)c3O)s2)cc1. The number of carbonyl (C=O) groups is 9. The van der Waals surface area contributed by atoms with Crippen LogP contribution in [0.5, 0.6) is 17.2 Å². The lowest BCUT2D eigenvalue weighted by molar-refractivity contribution is 0.0472. The molecular formula is C112H125BrCl2N6O18S6. The van der Waals surface area contributed by atoms with Gasteiger partial charge in [-0.2, -0.15) is 0 Å². The Morgan fingerprint density at radius 1 is 0.345 bits per heavy atom. The van der Waals surface area contributed by atoms with E-state index in [0.717, 1.165) is 117 Å². The molecule has 0 unspecified atom stereocenters. The zero-order valence-corrected chi connectivity index (χ0v) is 91.1. The highest BCUT2D eigenvalue weighted by atomic mass is 79.9. The molecule has 0 fully saturated rings. The van der Waals surface area contributed by atoms with Gasteiger partial charge in [0.25, 0.3) is 17.7 Å². The average molecular weight is 2190 g/mol. The summed E-state index contributed by atoms with van der Waals surface area (Å²) in [5.41, 5.74) is 11.7. The second-order valence-electron chi connectivity index (χ2n) is 34.8. The second kappa shape index (κ2) is 61.1. The van der Waals surface area contributed by atoms with Crippen molar-refractivity contribution in [1.29, 1.82) is 0 Å². The first-order chi connectivity index (χ1) is 69.9. The smallest absolute Gasteiger partial charge is 0.251 e. The maximum atomic E-state index is 13.0. The predicted molar refractivity (Wildman–Crippen MR) is 592 cm³/mol. The summed E-state index contributed by atoms with van der Waals surface area (Å²) in [5, 5.41) is 47.4. The number of hydrogen-bond donors (Lipinski definition) is 6. The van der Waals surface area contributed by atoms with E-state index in [1.54, 1.807) is 117 Å². The van der Waals surface area contributed by atoms with Crippen LogP contribution in [0.4, 0.5) is 0 Å². The number of unbranched alkanes of at least 4 members (excludes halogenated alkanes) is 3. The number of aryl methyl sites for hydroxylation is 3. The molecule has 0 radical (unpaired) electrons. The summed E-state index contributed by atoms with van der Waals surface area (Å²) in [4.78, 5) is 133. The fourth-order valence-corrected chi connectivity index (χ4v) is 20.4. The molecule has 0 bridgehead atoms. The summed E-state index contributed by atoms with van der Waals surface area (Å²) in [7, 11) is 0. The molecule has 12 rings (SSSR count). The van der Waals surface area contributed by atoms with Crippen molar-refractivity contribution in [3.63, 3.8) is 0 Å². The standard InChI is InChI=1S/C40H48N2O6S2.C36H39BrN2O6S2.C36H38Cl2N2O6S2/c1-6-7-21-47-23-24-48-22-20-41-39(46)30-11-8-28(9-12-30)10-17-33(43)35-18-19-36(50-35)34(44)25-42-27(2)32-26-49-38(37(32)45)29-13-15-31(16-14-29)40(3,4)5;1-3-4-18-44-20-21-45-19-17-38-36(43)27-8-5-25(6-9-27)7-14-30(40)32-15-16-33(47-32)31(41)22-39-24(2)29-23-46-35(34(29)42)26-10-12-28(37)13-11-26;1-3-4-16-45-18-19-46-17-15-39-36(44)25-8-5-24(6-9-25)7-12-30(41)32-13-14-33(48-32)31(42)21-40-23(2)27-22-47-35(34(27)43)26-10-11-28(37)29(38)20-26/h8-9,11-16,18-19,26,45H,6-7,10,17,20-25H2,1-5H3,(H,41,46);5-6,8-13,15-16,23,42H,3-4,7,14,17-22H2,1-2H3,(H,38,43);5-6,8-11,13-14,20,22,43H,3-4,7,12,15-19,21H2,1-2H3,(H,39,44). The Kier molecular flexibility index (Phi) is 48.9. The van der Waals surface area contributed by atoms with Gasteiger partial charge in [0.05, 0.1) is 113 Å². The van der Waals surface area contributed by atoms with Gasteiger partial charge in [0.15, 0.2) is 34.7 Å². The highest BCUT2D eigenvalue weighted by Crippen LogP contribution is 2.43. The van der Waals surface area contributed by atoms with Crippen LogP contribution >= 0.6 is 107 Å². The highest BCUT2D eigenvalue weighted by molar-refractivity contribution is 9.10. The average Bonchev–Trinajstić information content (AvgIpc) is 1.68. The zero-order chi connectivity index (χ0) is 104. The van der Waals surface area contributed by atoms with Crippen LogP contribution in [0.25, 0.3) is 31.3 Å². The van der Waals surface area contributed by atoms with E-state index < -0.39 is 0 Å². The Morgan fingerprint density at radius 3 is 0.910 bits per heavy atom. The molecule has 0 aliphatic rings. The largest absolute Gasteiger partial charge is 0.506 e. The molecule has 6 heterocycles. The third-order valence-corrected chi connectivity index (χ3v) is 30.6. The van der Waals surface area contributed by atoms with E-state index in [2.05, 4.69) is 101 Å². The van der Waals surface area contributed by atoms with Crippen LogP contribution in [0.1, 0.15) is 248 Å². The molecule has 33 heteroatoms. The second-order valence-corrected chi connectivity index (χ2v) is 42.4. The van der Waals surface area contributed by atoms with Crippen molar-refractivity contribution in [3.8, 4) is 48.6 Å². The van der Waals surface area contributed by atoms with Gasteiger partial charge in [0.2, 0.25) is 0 Å². The summed E-state index contributed by atoms with van der Waals surface area (Å²) in [5.74, 6) is -0.899. The molecular weight excluding hydrogens is 2060 g/mol. The first kappa shape index (κ1) is 116. The lowest BCUT2D eigenvalue weighted by Crippen LogP contribution is -2.27. The summed E-state index contributed by atoms with van der Waals surface area (Å²) in [6, 6.07) is 52.6. The van der Waals surface area contributed by atoms with Gasteiger partial charge in [-0.15, -0.1) is 68.0 Å². The Bertz CT molecular complexity index is 6350. The van der Waals surface area contributed by atoms with Crippen molar-refractivity contribution in [2.45, 2.75) is 145 Å². The van der Waals surface area contributed by atoms with Crippen LogP contribution in [-0.2, 0) is 53.1 Å². The monoisotopic (exact) mass is 2180 g/mol. The van der Waals surface area contributed by atoms with Crippen molar-refractivity contribution < 1.29 is 86.9 Å². The number of nitrogens with one attached hydrogen (secondary N) is 3. The first-order valence-electron chi connectivity index (χ1n) is 48.3. The van der Waals surface area contributed by atoms with Crippen molar-refractivity contribution in [2.75, 3.05) is 119 Å². The van der Waals surface area contributed by atoms with E-state index in [1.165, 1.54) is 62.2 Å². The molecule has 6 N–H and O–H groups in total. The topological polar surface area (TPSA) is 343 Å². The van der Waals surface area contributed by atoms with E-state index in [9.17, 15) is 58.5 Å². The predicted octanol–water partition coefficient (Wildman–Crippen LogP) is 25.1. The van der Waals surface area contributed by atoms with Gasteiger partial charge >= 0.3 is 0 Å². The number of rotatable bonds is 57. The molecule has 0 atom stereocenters. The first-order valence-corrected chi connectivity index (χ1v) is 54.9. The lowest BCUT2D eigenvalue weighted by atomic mass is 9.86. The fourth-order valence-electron chi connectivity index (χ4n) is 14.1. The molecule has 0 spiro atoms. The Labute approximate surface area is 890 Å². The minimum atomic E-state index is -0.213. The van der Waals surface area contributed by atoms with Gasteiger partial charge in [0, 0.05) is 130 Å². The van der Waals surface area contributed by atoms with E-state index >= 15 is 0 Å². The number of thiophene rings is 6. The summed E-state index contributed by atoms with van der Waals surface area (Å²) >= 11 is 23.3. The van der Waals surface area contributed by atoms with Crippen LogP contribution in [0.2, 0.25) is 10.0 Å². The maximum Gasteiger partial charge on any atom is 0.251 e. The van der Waals surface area contributed by atoms with Crippen molar-refractivity contribution in [1.82, 2.24) is 16.0 Å². The highest BCUT2D eigenvalue weighted by Gasteiger charge is 2.25. The number of ketones is 6. The number of aromatic hydroxyl groups is 3. The number of amides is 3. The Balaban J connectivity index is 0.000000223. The molecule has 768 valence electrons. The fraction of sp³-hybridized carbons (Fsp3) is 0.357. The molecule has 0 saturated carbocycles. The van der Waals surface area contributed by atoms with Gasteiger partial charge in [-0.1, -0.05) is 179 Å². The van der Waals surface area contributed by atoms with Gasteiger partial charge < -0.3 is 59.7 Å². The summed E-state index contributed by atoms with van der Waals surface area (Å²) in [6.07, 6.45) is 8.82. The van der Waals surface area contributed by atoms with E-state index in [-0.39, 0.29) is 114 Å². The molecule has 24 nitrogen and oxygen atoms in total. The molecule has 0 saturated heterocycles. The van der Waals surface area contributed by atoms with Crippen LogP contribution in [0.3, 0.4) is 0 Å². The van der Waals surface area contributed by atoms with Gasteiger partial charge in [-0.25, -0.2) is 0 Å². The number of carbonyl (C=O) groups excluding carboxylic acids is 9. The normalized spacial score (nSPS) is 11.7. The van der Waals surface area contributed by atoms with Crippen molar-refractivity contribution in [3.05, 3.63) is 291 Å². The lowest BCUT2D eigenvalue weighted by Gasteiger charge is -2.19. The molecule has 6 aromatic heterocycles. The zero-order valence-electron chi connectivity index (χ0n) is 83.1. The van der Waals surface area contributed by atoms with Gasteiger partial charge in [-0.05, 0) is 201 Å².